The zero-order valence-electron chi connectivity index (χ0n) is 19.4. The van der Waals surface area contributed by atoms with E-state index in [2.05, 4.69) is 15.6 Å². The number of carbonyl (C=O) groups excluding carboxylic acids is 2. The van der Waals surface area contributed by atoms with Crippen LogP contribution in [0.2, 0.25) is 0 Å². The molecule has 0 saturated carbocycles. The van der Waals surface area contributed by atoms with Crippen molar-refractivity contribution in [3.63, 3.8) is 0 Å². The van der Waals surface area contributed by atoms with Gasteiger partial charge in [0.25, 0.3) is 11.8 Å². The first-order valence-electron chi connectivity index (χ1n) is 10.9. The molecular formula is C25H27N3O6S. The lowest BCUT2D eigenvalue weighted by Gasteiger charge is -2.15. The van der Waals surface area contributed by atoms with Crippen LogP contribution in [0.4, 0.5) is 0 Å². The molecule has 3 N–H and O–H groups in total. The van der Waals surface area contributed by atoms with Crippen LogP contribution >= 0.6 is 0 Å². The van der Waals surface area contributed by atoms with E-state index in [4.69, 9.17) is 9.47 Å². The summed E-state index contributed by atoms with van der Waals surface area (Å²) in [6, 6.07) is 21.4. The average molecular weight is 498 g/mol. The lowest BCUT2D eigenvalue weighted by atomic mass is 10.2. The summed E-state index contributed by atoms with van der Waals surface area (Å²) in [5.74, 6) is -0.112. The van der Waals surface area contributed by atoms with Gasteiger partial charge in [0.1, 0.15) is 11.5 Å². The zero-order chi connectivity index (χ0) is 25.3. The molecular weight excluding hydrogens is 470 g/mol. The summed E-state index contributed by atoms with van der Waals surface area (Å²) in [6.45, 7) is 4.06. The Morgan fingerprint density at radius 1 is 0.886 bits per heavy atom. The number of sulfonamides is 1. The van der Waals surface area contributed by atoms with Crippen molar-refractivity contribution in [3.05, 3.63) is 90.0 Å². The summed E-state index contributed by atoms with van der Waals surface area (Å²) < 4.78 is 38.7. The van der Waals surface area contributed by atoms with E-state index < -0.39 is 27.9 Å². The van der Waals surface area contributed by atoms with Crippen LogP contribution in [0.3, 0.4) is 0 Å². The number of carbonyl (C=O) groups is 2. The molecule has 1 atom stereocenters. The predicted octanol–water partition coefficient (Wildman–Crippen LogP) is 2.79. The van der Waals surface area contributed by atoms with Gasteiger partial charge in [-0.2, -0.15) is 0 Å². The summed E-state index contributed by atoms with van der Waals surface area (Å²) >= 11 is 0. The third-order valence-electron chi connectivity index (χ3n) is 4.83. The number of hydrogen-bond acceptors (Lipinski definition) is 6. The highest BCUT2D eigenvalue weighted by molar-refractivity contribution is 7.89. The quantitative estimate of drug-likeness (QED) is 0.370. The maximum absolute atomic E-state index is 12.6. The highest BCUT2D eigenvalue weighted by Gasteiger charge is 2.18. The van der Waals surface area contributed by atoms with E-state index in [0.29, 0.717) is 18.1 Å². The van der Waals surface area contributed by atoms with Crippen molar-refractivity contribution >= 4 is 21.8 Å². The van der Waals surface area contributed by atoms with Crippen molar-refractivity contribution < 1.29 is 27.5 Å². The molecule has 0 aromatic heterocycles. The minimum Gasteiger partial charge on any atom is -0.494 e. The lowest BCUT2D eigenvalue weighted by molar-refractivity contribution is -0.128. The minimum atomic E-state index is -3.85. The summed E-state index contributed by atoms with van der Waals surface area (Å²) in [5.41, 5.74) is 5.42. The third kappa shape index (κ3) is 7.56. The van der Waals surface area contributed by atoms with Gasteiger partial charge in [-0.15, -0.1) is 0 Å². The van der Waals surface area contributed by atoms with Crippen LogP contribution in [-0.4, -0.2) is 32.9 Å². The Morgan fingerprint density at radius 2 is 1.57 bits per heavy atom. The SMILES string of the molecule is CCOc1ccc(OC(C)C(=O)NNC(=O)c2cccc(S(=O)(=O)NCc3ccccc3)c2)cc1. The van der Waals surface area contributed by atoms with Crippen LogP contribution in [0.15, 0.2) is 83.8 Å². The second-order valence-electron chi connectivity index (χ2n) is 7.45. The third-order valence-corrected chi connectivity index (χ3v) is 6.23. The molecule has 10 heteroatoms. The number of hydrogen-bond donors (Lipinski definition) is 3. The Bertz CT molecular complexity index is 1250. The number of rotatable bonds is 10. The molecule has 3 aromatic rings. The molecule has 35 heavy (non-hydrogen) atoms. The fourth-order valence-electron chi connectivity index (χ4n) is 2.99. The first-order valence-corrected chi connectivity index (χ1v) is 12.4. The molecule has 3 aromatic carbocycles. The van der Waals surface area contributed by atoms with Crippen molar-refractivity contribution in [2.75, 3.05) is 6.61 Å². The van der Waals surface area contributed by atoms with Crippen LogP contribution in [0, 0.1) is 0 Å². The van der Waals surface area contributed by atoms with E-state index in [9.17, 15) is 18.0 Å². The van der Waals surface area contributed by atoms with E-state index in [1.165, 1.54) is 31.2 Å². The van der Waals surface area contributed by atoms with Crippen LogP contribution in [-0.2, 0) is 21.4 Å². The van der Waals surface area contributed by atoms with Crippen LogP contribution in [0.1, 0.15) is 29.8 Å². The summed E-state index contributed by atoms with van der Waals surface area (Å²) in [6.07, 6.45) is -0.901. The molecule has 9 nitrogen and oxygen atoms in total. The molecule has 1 unspecified atom stereocenters. The monoisotopic (exact) mass is 497 g/mol. The number of hydrazine groups is 1. The molecule has 0 fully saturated rings. The molecule has 184 valence electrons. The van der Waals surface area contributed by atoms with Gasteiger partial charge in [0, 0.05) is 12.1 Å². The van der Waals surface area contributed by atoms with E-state index in [0.717, 1.165) is 5.56 Å². The van der Waals surface area contributed by atoms with Gasteiger partial charge in [0.2, 0.25) is 10.0 Å². The van der Waals surface area contributed by atoms with Gasteiger partial charge in [0.05, 0.1) is 11.5 Å². The molecule has 0 radical (unpaired) electrons. The van der Waals surface area contributed by atoms with Gasteiger partial charge in [-0.25, -0.2) is 13.1 Å². The molecule has 0 bridgehead atoms. The normalized spacial score (nSPS) is 11.8. The Morgan fingerprint density at radius 3 is 2.26 bits per heavy atom. The average Bonchev–Trinajstić information content (AvgIpc) is 2.88. The Balaban J connectivity index is 1.54. The summed E-state index contributed by atoms with van der Waals surface area (Å²) in [5, 5.41) is 0. The largest absolute Gasteiger partial charge is 0.494 e. The van der Waals surface area contributed by atoms with Crippen molar-refractivity contribution in [2.24, 2.45) is 0 Å². The van der Waals surface area contributed by atoms with Crippen LogP contribution in [0.5, 0.6) is 11.5 Å². The second kappa shape index (κ2) is 12.0. The van der Waals surface area contributed by atoms with E-state index in [1.54, 1.807) is 36.4 Å². The topological polar surface area (TPSA) is 123 Å². The summed E-state index contributed by atoms with van der Waals surface area (Å²) in [7, 11) is -3.85. The summed E-state index contributed by atoms with van der Waals surface area (Å²) in [4.78, 5) is 24.7. The molecule has 0 saturated heterocycles. The van der Waals surface area contributed by atoms with Gasteiger partial charge in [-0.1, -0.05) is 36.4 Å². The minimum absolute atomic E-state index is 0.0629. The van der Waals surface area contributed by atoms with Gasteiger partial charge >= 0.3 is 0 Å². The van der Waals surface area contributed by atoms with E-state index in [1.807, 2.05) is 25.1 Å². The second-order valence-corrected chi connectivity index (χ2v) is 9.21. The fraction of sp³-hybridized carbons (Fsp3) is 0.200. The Labute approximate surface area is 204 Å². The van der Waals surface area contributed by atoms with Crippen molar-refractivity contribution in [1.29, 1.82) is 0 Å². The molecule has 0 spiro atoms. The molecule has 0 heterocycles. The number of amides is 2. The molecule has 0 aliphatic carbocycles. The maximum Gasteiger partial charge on any atom is 0.279 e. The molecule has 2 amide bonds. The smallest absolute Gasteiger partial charge is 0.279 e. The first kappa shape index (κ1) is 25.7. The first-order chi connectivity index (χ1) is 16.8. The van der Waals surface area contributed by atoms with Crippen LogP contribution < -0.4 is 25.0 Å². The van der Waals surface area contributed by atoms with Crippen molar-refractivity contribution in [3.8, 4) is 11.5 Å². The van der Waals surface area contributed by atoms with E-state index in [-0.39, 0.29) is 17.0 Å². The van der Waals surface area contributed by atoms with Gasteiger partial charge < -0.3 is 9.47 Å². The highest BCUT2D eigenvalue weighted by atomic mass is 32.2. The van der Waals surface area contributed by atoms with Gasteiger partial charge in [-0.3, -0.25) is 20.4 Å². The fourth-order valence-corrected chi connectivity index (χ4v) is 4.06. The molecule has 3 rings (SSSR count). The lowest BCUT2D eigenvalue weighted by Crippen LogP contribution is -2.47. The van der Waals surface area contributed by atoms with Gasteiger partial charge in [0.15, 0.2) is 6.10 Å². The molecule has 0 aliphatic heterocycles. The van der Waals surface area contributed by atoms with Gasteiger partial charge in [-0.05, 0) is 61.9 Å². The highest BCUT2D eigenvalue weighted by Crippen LogP contribution is 2.18. The molecule has 0 aliphatic rings. The van der Waals surface area contributed by atoms with Crippen LogP contribution in [0.25, 0.3) is 0 Å². The number of benzene rings is 3. The van der Waals surface area contributed by atoms with E-state index >= 15 is 0 Å². The van der Waals surface area contributed by atoms with Crippen molar-refractivity contribution in [2.45, 2.75) is 31.4 Å². The van der Waals surface area contributed by atoms with Crippen molar-refractivity contribution in [1.82, 2.24) is 15.6 Å². The Kier molecular flexibility index (Phi) is 8.82. The number of nitrogens with one attached hydrogen (secondary N) is 3. The maximum atomic E-state index is 12.6. The zero-order valence-corrected chi connectivity index (χ0v) is 20.2. The Hall–Kier alpha value is -3.89. The standard InChI is InChI=1S/C25H27N3O6S/c1-3-33-21-12-14-22(15-13-21)34-18(2)24(29)27-28-25(30)20-10-7-11-23(16-20)35(31,32)26-17-19-8-5-4-6-9-19/h4-16,18,26H,3,17H2,1-2H3,(H,27,29)(H,28,30). The number of ether oxygens (including phenoxy) is 2. The predicted molar refractivity (Wildman–Crippen MR) is 130 cm³/mol.